The van der Waals surface area contributed by atoms with Gasteiger partial charge in [-0.1, -0.05) is 12.8 Å². The van der Waals surface area contributed by atoms with Crippen LogP contribution in [0.2, 0.25) is 0 Å². The van der Waals surface area contributed by atoms with Crippen LogP contribution < -0.4 is 11.1 Å². The third kappa shape index (κ3) is 4.08. The highest BCUT2D eigenvalue weighted by Gasteiger charge is 2.37. The average Bonchev–Trinajstić information content (AvgIpc) is 2.71. The topological polar surface area (TPSA) is 84.6 Å². The molecular weight excluding hydrogens is 208 g/mol. The lowest BCUT2D eigenvalue weighted by Crippen LogP contribution is -2.54. The van der Waals surface area contributed by atoms with Gasteiger partial charge in [-0.3, -0.25) is 4.79 Å². The fourth-order valence-electron chi connectivity index (χ4n) is 1.73. The minimum absolute atomic E-state index is 0.104. The maximum atomic E-state index is 11.7. The highest BCUT2D eigenvalue weighted by atomic mass is 16.5. The van der Waals surface area contributed by atoms with Crippen molar-refractivity contribution in [3.63, 3.8) is 0 Å². The maximum absolute atomic E-state index is 11.7. The van der Waals surface area contributed by atoms with E-state index in [9.17, 15) is 4.79 Å². The van der Waals surface area contributed by atoms with E-state index >= 15 is 0 Å². The summed E-state index contributed by atoms with van der Waals surface area (Å²) in [6.07, 6.45) is 4.40. The van der Waals surface area contributed by atoms with Crippen molar-refractivity contribution in [1.29, 1.82) is 0 Å². The molecule has 1 fully saturated rings. The maximum Gasteiger partial charge on any atom is 0.242 e. The largest absolute Gasteiger partial charge is 0.396 e. The lowest BCUT2D eigenvalue weighted by molar-refractivity contribution is -0.126. The number of aliphatic hydroxyl groups is 1. The normalized spacial score (nSPS) is 24.6. The van der Waals surface area contributed by atoms with E-state index < -0.39 is 5.54 Å². The Labute approximate surface area is 96.3 Å². The van der Waals surface area contributed by atoms with Crippen molar-refractivity contribution in [3.8, 4) is 0 Å². The Kier molecular flexibility index (Phi) is 5.73. The number of nitrogens with two attached hydrogens (primary N) is 1. The van der Waals surface area contributed by atoms with E-state index in [2.05, 4.69) is 5.32 Å². The molecule has 0 saturated carbocycles. The summed E-state index contributed by atoms with van der Waals surface area (Å²) in [5.41, 5.74) is 5.08. The zero-order chi connectivity index (χ0) is 11.9. The molecule has 1 unspecified atom stereocenters. The molecule has 1 aliphatic heterocycles. The number of unbranched alkanes of at least 4 members (excludes halogenated alkanes) is 3. The molecule has 16 heavy (non-hydrogen) atoms. The van der Waals surface area contributed by atoms with Gasteiger partial charge in [-0.05, 0) is 19.3 Å². The third-order valence-corrected chi connectivity index (χ3v) is 2.87. The van der Waals surface area contributed by atoms with Crippen molar-refractivity contribution in [2.45, 2.75) is 37.6 Å². The first kappa shape index (κ1) is 13.4. The Morgan fingerprint density at radius 1 is 1.38 bits per heavy atom. The molecule has 94 valence electrons. The Bertz CT molecular complexity index is 215. The van der Waals surface area contributed by atoms with E-state index in [0.717, 1.165) is 25.7 Å². The number of hydrogen-bond donors (Lipinski definition) is 3. The molecule has 0 aromatic rings. The zero-order valence-electron chi connectivity index (χ0n) is 9.71. The fourth-order valence-corrected chi connectivity index (χ4v) is 1.73. The van der Waals surface area contributed by atoms with E-state index in [1.165, 1.54) is 0 Å². The van der Waals surface area contributed by atoms with Crippen LogP contribution in [-0.2, 0) is 9.53 Å². The third-order valence-electron chi connectivity index (χ3n) is 2.87. The summed E-state index contributed by atoms with van der Waals surface area (Å²) in [5.74, 6) is -0.104. The minimum Gasteiger partial charge on any atom is -0.396 e. The van der Waals surface area contributed by atoms with Gasteiger partial charge in [0, 0.05) is 19.8 Å². The molecule has 0 aliphatic carbocycles. The van der Waals surface area contributed by atoms with Gasteiger partial charge in [0.25, 0.3) is 0 Å². The van der Waals surface area contributed by atoms with E-state index in [4.69, 9.17) is 15.6 Å². The van der Waals surface area contributed by atoms with Crippen LogP contribution in [0.5, 0.6) is 0 Å². The van der Waals surface area contributed by atoms with Crippen molar-refractivity contribution in [1.82, 2.24) is 5.32 Å². The molecule has 1 aliphatic rings. The molecular formula is C11H22N2O3. The second kappa shape index (κ2) is 6.83. The number of nitrogens with one attached hydrogen (secondary N) is 1. The van der Waals surface area contributed by atoms with Crippen LogP contribution in [0.1, 0.15) is 32.1 Å². The highest BCUT2D eigenvalue weighted by molar-refractivity contribution is 5.86. The number of carbonyl (C=O) groups excluding carboxylic acids is 1. The van der Waals surface area contributed by atoms with Gasteiger partial charge < -0.3 is 20.9 Å². The summed E-state index contributed by atoms with van der Waals surface area (Å²) in [6.45, 7) is 1.79. The second-order valence-electron chi connectivity index (χ2n) is 4.35. The van der Waals surface area contributed by atoms with E-state index in [-0.39, 0.29) is 12.5 Å². The molecule has 1 heterocycles. The molecule has 0 aromatic carbocycles. The molecule has 0 aromatic heterocycles. The highest BCUT2D eigenvalue weighted by Crippen LogP contribution is 2.15. The van der Waals surface area contributed by atoms with E-state index in [1.54, 1.807) is 0 Å². The molecule has 1 amide bonds. The predicted molar refractivity (Wildman–Crippen MR) is 60.9 cm³/mol. The second-order valence-corrected chi connectivity index (χ2v) is 4.35. The Hall–Kier alpha value is -0.650. The molecule has 0 radical (unpaired) electrons. The van der Waals surface area contributed by atoms with Gasteiger partial charge in [-0.15, -0.1) is 0 Å². The van der Waals surface area contributed by atoms with Crippen molar-refractivity contribution < 1.29 is 14.6 Å². The summed E-state index contributed by atoms with van der Waals surface area (Å²) in [7, 11) is 0. The summed E-state index contributed by atoms with van der Waals surface area (Å²) in [5, 5.41) is 11.4. The quantitative estimate of drug-likeness (QED) is 0.528. The number of hydrogen-bond acceptors (Lipinski definition) is 4. The van der Waals surface area contributed by atoms with Gasteiger partial charge in [0.05, 0.1) is 6.61 Å². The minimum atomic E-state index is -0.814. The van der Waals surface area contributed by atoms with Gasteiger partial charge in [0.2, 0.25) is 5.91 Å². The van der Waals surface area contributed by atoms with Gasteiger partial charge in [0.1, 0.15) is 5.54 Å². The summed E-state index contributed by atoms with van der Waals surface area (Å²) in [4.78, 5) is 11.7. The van der Waals surface area contributed by atoms with E-state index in [1.807, 2.05) is 0 Å². The fraction of sp³-hybridized carbons (Fsp3) is 0.909. The first-order chi connectivity index (χ1) is 7.69. The molecule has 4 N–H and O–H groups in total. The van der Waals surface area contributed by atoms with Crippen molar-refractivity contribution in [2.75, 3.05) is 26.4 Å². The molecule has 1 rings (SSSR count). The molecule has 0 bridgehead atoms. The van der Waals surface area contributed by atoms with Crippen LogP contribution in [0.3, 0.4) is 0 Å². The molecule has 1 saturated heterocycles. The van der Waals surface area contributed by atoms with Crippen LogP contribution in [0, 0.1) is 0 Å². The molecule has 5 heteroatoms. The van der Waals surface area contributed by atoms with Crippen LogP contribution in [0.25, 0.3) is 0 Å². The van der Waals surface area contributed by atoms with Crippen LogP contribution in [-0.4, -0.2) is 42.9 Å². The predicted octanol–water partition coefficient (Wildman–Crippen LogP) is -0.227. The van der Waals surface area contributed by atoms with Gasteiger partial charge in [0.15, 0.2) is 0 Å². The van der Waals surface area contributed by atoms with Gasteiger partial charge in [-0.25, -0.2) is 0 Å². The Balaban J connectivity index is 2.06. The zero-order valence-corrected chi connectivity index (χ0v) is 9.71. The van der Waals surface area contributed by atoms with Crippen LogP contribution in [0.4, 0.5) is 0 Å². The lowest BCUT2D eigenvalue weighted by Gasteiger charge is -2.20. The smallest absolute Gasteiger partial charge is 0.242 e. The Morgan fingerprint density at radius 3 is 2.75 bits per heavy atom. The number of rotatable bonds is 7. The number of ether oxygens (including phenoxy) is 1. The Morgan fingerprint density at radius 2 is 2.12 bits per heavy atom. The number of amides is 1. The van der Waals surface area contributed by atoms with Crippen molar-refractivity contribution in [3.05, 3.63) is 0 Å². The summed E-state index contributed by atoms with van der Waals surface area (Å²) < 4.78 is 5.13. The SMILES string of the molecule is NC1(C(=O)NCCCCCCO)CCOC1. The number of carbonyl (C=O) groups is 1. The standard InChI is InChI=1S/C11H22N2O3/c12-11(5-8-16-9-11)10(15)13-6-3-1-2-4-7-14/h14H,1-9,12H2,(H,13,15). The average molecular weight is 230 g/mol. The van der Waals surface area contributed by atoms with Crippen molar-refractivity contribution in [2.24, 2.45) is 5.73 Å². The first-order valence-corrected chi connectivity index (χ1v) is 5.95. The van der Waals surface area contributed by atoms with Crippen LogP contribution >= 0.6 is 0 Å². The van der Waals surface area contributed by atoms with Crippen molar-refractivity contribution >= 4 is 5.91 Å². The first-order valence-electron chi connectivity index (χ1n) is 5.95. The van der Waals surface area contributed by atoms with Gasteiger partial charge in [-0.2, -0.15) is 0 Å². The van der Waals surface area contributed by atoms with Crippen LogP contribution in [0.15, 0.2) is 0 Å². The molecule has 1 atom stereocenters. The summed E-state index contributed by atoms with van der Waals surface area (Å²) in [6, 6.07) is 0. The lowest BCUT2D eigenvalue weighted by atomic mass is 9.99. The summed E-state index contributed by atoms with van der Waals surface area (Å²) >= 11 is 0. The van der Waals surface area contributed by atoms with E-state index in [0.29, 0.717) is 26.2 Å². The molecule has 0 spiro atoms. The monoisotopic (exact) mass is 230 g/mol. The van der Waals surface area contributed by atoms with Gasteiger partial charge >= 0.3 is 0 Å². The number of aliphatic hydroxyl groups excluding tert-OH is 1. The molecule has 5 nitrogen and oxygen atoms in total.